The number of halogens is 3. The van der Waals surface area contributed by atoms with Gasteiger partial charge in [-0.2, -0.15) is 18.3 Å². The van der Waals surface area contributed by atoms with Gasteiger partial charge >= 0.3 is 18.1 Å². The van der Waals surface area contributed by atoms with Crippen LogP contribution in [0.1, 0.15) is 28.8 Å². The van der Waals surface area contributed by atoms with Crippen molar-refractivity contribution in [3.05, 3.63) is 53.6 Å². The summed E-state index contributed by atoms with van der Waals surface area (Å²) in [5.74, 6) is -4.39. The average Bonchev–Trinajstić information content (AvgIpc) is 3.11. The number of phenols is 1. The van der Waals surface area contributed by atoms with Gasteiger partial charge in [-0.05, 0) is 48.4 Å². The summed E-state index contributed by atoms with van der Waals surface area (Å²) in [4.78, 5) is 50.8. The number of azo groups is 1. The zero-order valence-corrected chi connectivity index (χ0v) is 17.3. The van der Waals surface area contributed by atoms with E-state index in [1.807, 2.05) is 0 Å². The van der Waals surface area contributed by atoms with E-state index in [0.29, 0.717) is 10.6 Å². The second-order valence-corrected chi connectivity index (χ2v) is 7.03. The van der Waals surface area contributed by atoms with Crippen molar-refractivity contribution in [2.45, 2.75) is 25.4 Å². The van der Waals surface area contributed by atoms with Crippen LogP contribution in [0.25, 0.3) is 0 Å². The van der Waals surface area contributed by atoms with Gasteiger partial charge in [0.25, 0.3) is 11.8 Å². The molecule has 2 N–H and O–H groups in total. The number of rotatable bonds is 7. The van der Waals surface area contributed by atoms with Gasteiger partial charge in [0.05, 0.1) is 11.3 Å². The molecule has 0 atom stereocenters. The zero-order chi connectivity index (χ0) is 24.9. The lowest BCUT2D eigenvalue weighted by atomic mass is 10.1. The van der Waals surface area contributed by atoms with E-state index in [0.717, 1.165) is 0 Å². The fourth-order valence-corrected chi connectivity index (χ4v) is 2.79. The Morgan fingerprint density at radius 3 is 2.29 bits per heavy atom. The molecule has 10 nitrogen and oxygen atoms in total. The van der Waals surface area contributed by atoms with E-state index < -0.39 is 29.9 Å². The van der Waals surface area contributed by atoms with Crippen LogP contribution in [0, 0.1) is 0 Å². The monoisotopic (exact) mass is 478 g/mol. The molecule has 1 saturated heterocycles. The molecule has 0 radical (unpaired) electrons. The predicted octanol–water partition coefficient (Wildman–Crippen LogP) is 3.25. The molecule has 0 aromatic heterocycles. The maximum absolute atomic E-state index is 12.2. The van der Waals surface area contributed by atoms with Gasteiger partial charge in [-0.1, -0.05) is 6.07 Å². The highest BCUT2D eigenvalue weighted by Crippen LogP contribution is 2.29. The third-order valence-electron chi connectivity index (χ3n) is 4.55. The molecule has 0 spiro atoms. The fraction of sp³-hybridized carbons (Fsp3) is 0.238. The Bertz CT molecular complexity index is 1130. The molecule has 1 fully saturated rings. The predicted molar refractivity (Wildman–Crippen MR) is 108 cm³/mol. The third-order valence-corrected chi connectivity index (χ3v) is 4.55. The van der Waals surface area contributed by atoms with Crippen LogP contribution in [-0.4, -0.2) is 46.6 Å². The largest absolute Gasteiger partial charge is 0.506 e. The molecule has 1 heterocycles. The standard InChI is InChI=1S/C21H17F3N4O6/c22-21(23,24)20(33)25-10-9-12-1-6-16(29)15(11-12)27-26-14-4-2-13(3-5-14)19(32)34-28-17(30)7-8-18(28)31/h1-6,11,29H,7-10H2,(H,25,33)/b27-26+. The van der Waals surface area contributed by atoms with Gasteiger partial charge in [0, 0.05) is 19.4 Å². The van der Waals surface area contributed by atoms with Gasteiger partial charge in [-0.3, -0.25) is 14.4 Å². The molecule has 2 aromatic rings. The molecule has 1 aliphatic heterocycles. The number of alkyl halides is 3. The molecule has 13 heteroatoms. The molecule has 2 aromatic carbocycles. The molecule has 178 valence electrons. The summed E-state index contributed by atoms with van der Waals surface area (Å²) < 4.78 is 36.7. The van der Waals surface area contributed by atoms with Gasteiger partial charge in [-0.25, -0.2) is 4.79 Å². The first-order chi connectivity index (χ1) is 16.0. The number of hydrogen-bond acceptors (Lipinski definition) is 8. The van der Waals surface area contributed by atoms with E-state index in [1.165, 1.54) is 42.5 Å². The summed E-state index contributed by atoms with van der Waals surface area (Å²) in [7, 11) is 0. The van der Waals surface area contributed by atoms with Crippen LogP contribution in [-0.2, 0) is 25.6 Å². The van der Waals surface area contributed by atoms with E-state index in [1.54, 1.807) is 5.32 Å². The third kappa shape index (κ3) is 6.15. The Kier molecular flexibility index (Phi) is 7.24. The summed E-state index contributed by atoms with van der Waals surface area (Å²) in [5, 5.41) is 19.9. The minimum atomic E-state index is -4.97. The Morgan fingerprint density at radius 2 is 1.68 bits per heavy atom. The summed E-state index contributed by atoms with van der Waals surface area (Å²) in [6.07, 6.45) is -4.96. The van der Waals surface area contributed by atoms with Crippen LogP contribution in [0.2, 0.25) is 0 Å². The number of phenolic OH excluding ortho intramolecular Hbond substituents is 1. The fourth-order valence-electron chi connectivity index (χ4n) is 2.79. The van der Waals surface area contributed by atoms with Crippen molar-refractivity contribution in [1.29, 1.82) is 0 Å². The van der Waals surface area contributed by atoms with Gasteiger partial charge in [0.1, 0.15) is 11.4 Å². The number of carbonyl (C=O) groups is 4. The highest BCUT2D eigenvalue weighted by molar-refractivity contribution is 6.02. The van der Waals surface area contributed by atoms with Gasteiger partial charge in [0.2, 0.25) is 0 Å². The Balaban J connectivity index is 1.61. The van der Waals surface area contributed by atoms with Gasteiger partial charge in [0.15, 0.2) is 0 Å². The van der Waals surface area contributed by atoms with Gasteiger partial charge in [-0.15, -0.1) is 10.2 Å². The summed E-state index contributed by atoms with van der Waals surface area (Å²) >= 11 is 0. The van der Waals surface area contributed by atoms with Gasteiger partial charge < -0.3 is 15.3 Å². The zero-order valence-electron chi connectivity index (χ0n) is 17.3. The number of nitrogens with zero attached hydrogens (tertiary/aromatic N) is 3. The van der Waals surface area contributed by atoms with Crippen molar-refractivity contribution >= 4 is 35.1 Å². The topological polar surface area (TPSA) is 138 Å². The van der Waals surface area contributed by atoms with Crippen molar-refractivity contribution in [2.75, 3.05) is 6.54 Å². The Labute approximate surface area is 190 Å². The minimum absolute atomic E-state index is 0.0261. The van der Waals surface area contributed by atoms with Crippen LogP contribution < -0.4 is 5.32 Å². The molecule has 0 aliphatic carbocycles. The minimum Gasteiger partial charge on any atom is -0.506 e. The normalized spacial score (nSPS) is 14.0. The molecular weight excluding hydrogens is 461 g/mol. The molecular formula is C21H17F3N4O6. The first kappa shape index (κ1) is 24.4. The highest BCUT2D eigenvalue weighted by Gasteiger charge is 2.38. The summed E-state index contributed by atoms with van der Waals surface area (Å²) in [6, 6.07) is 9.62. The maximum Gasteiger partial charge on any atom is 0.471 e. The second kappa shape index (κ2) is 10.1. The highest BCUT2D eigenvalue weighted by atomic mass is 19.4. The van der Waals surface area contributed by atoms with Crippen LogP contribution in [0.5, 0.6) is 5.75 Å². The molecule has 0 saturated carbocycles. The van der Waals surface area contributed by atoms with E-state index >= 15 is 0 Å². The summed E-state index contributed by atoms with van der Waals surface area (Å²) in [5.41, 5.74) is 0.872. The number of imide groups is 1. The van der Waals surface area contributed by atoms with Crippen LogP contribution in [0.15, 0.2) is 52.7 Å². The maximum atomic E-state index is 12.2. The summed E-state index contributed by atoms with van der Waals surface area (Å²) in [6.45, 7) is -0.272. The number of aromatic hydroxyl groups is 1. The quantitative estimate of drug-likeness (QED) is 0.463. The first-order valence-corrected chi connectivity index (χ1v) is 9.81. The van der Waals surface area contributed by atoms with E-state index in [2.05, 4.69) is 10.2 Å². The SMILES string of the molecule is O=C(ON1C(=O)CCC1=O)c1ccc(/N=N/c2cc(CCNC(=O)C(F)(F)F)ccc2O)cc1. The molecule has 34 heavy (non-hydrogen) atoms. The van der Waals surface area contributed by atoms with Crippen LogP contribution in [0.3, 0.4) is 0 Å². The second-order valence-electron chi connectivity index (χ2n) is 7.03. The van der Waals surface area contributed by atoms with Crippen molar-refractivity contribution < 1.29 is 42.3 Å². The molecule has 3 amide bonds. The molecule has 0 bridgehead atoms. The van der Waals surface area contributed by atoms with Crippen molar-refractivity contribution in [3.8, 4) is 5.75 Å². The number of hydrogen-bond donors (Lipinski definition) is 2. The lowest BCUT2D eigenvalue weighted by Gasteiger charge is -2.12. The number of carbonyl (C=O) groups excluding carboxylic acids is 4. The van der Waals surface area contributed by atoms with Crippen LogP contribution in [0.4, 0.5) is 24.5 Å². The van der Waals surface area contributed by atoms with E-state index in [4.69, 9.17) is 4.84 Å². The van der Waals surface area contributed by atoms with Crippen molar-refractivity contribution in [2.24, 2.45) is 10.2 Å². The lowest BCUT2D eigenvalue weighted by Crippen LogP contribution is -2.37. The smallest absolute Gasteiger partial charge is 0.471 e. The number of benzene rings is 2. The molecule has 3 rings (SSSR count). The number of amides is 3. The van der Waals surface area contributed by atoms with E-state index in [9.17, 15) is 37.5 Å². The number of nitrogens with one attached hydrogen (secondary N) is 1. The first-order valence-electron chi connectivity index (χ1n) is 9.81. The Hall–Kier alpha value is -4.29. The van der Waals surface area contributed by atoms with E-state index in [-0.39, 0.29) is 48.5 Å². The van der Waals surface area contributed by atoms with Crippen molar-refractivity contribution in [3.63, 3.8) is 0 Å². The lowest BCUT2D eigenvalue weighted by molar-refractivity contribution is -0.173. The number of hydroxylamine groups is 2. The van der Waals surface area contributed by atoms with Crippen LogP contribution >= 0.6 is 0 Å². The van der Waals surface area contributed by atoms with Crippen molar-refractivity contribution in [1.82, 2.24) is 10.4 Å². The molecule has 0 unspecified atom stereocenters. The molecule has 1 aliphatic rings. The average molecular weight is 478 g/mol. The Morgan fingerprint density at radius 1 is 1.03 bits per heavy atom.